The van der Waals surface area contributed by atoms with Crippen molar-refractivity contribution in [1.29, 1.82) is 10.5 Å². The maximum atomic E-state index is 9.60. The summed E-state index contributed by atoms with van der Waals surface area (Å²) in [5, 5.41) is 19.2. The third-order valence-electron chi connectivity index (χ3n) is 11.8. The molecule has 0 saturated heterocycles. The molecule has 0 saturated carbocycles. The minimum Gasteiger partial charge on any atom is -0.238 e. The van der Waals surface area contributed by atoms with Crippen LogP contribution >= 0.6 is 0 Å². The first kappa shape index (κ1) is 34.9. The van der Waals surface area contributed by atoms with Crippen molar-refractivity contribution in [3.63, 3.8) is 0 Å². The minimum atomic E-state index is -0.816. The molecule has 2 aliphatic carbocycles. The van der Waals surface area contributed by atoms with Crippen molar-refractivity contribution in [1.82, 2.24) is 0 Å². The Kier molecular flexibility index (Phi) is 8.22. The summed E-state index contributed by atoms with van der Waals surface area (Å²) in [6, 6.07) is 62.6. The van der Waals surface area contributed by atoms with E-state index in [4.69, 9.17) is 13.1 Å². The highest BCUT2D eigenvalue weighted by Gasteiger charge is 2.49. The molecule has 2 aliphatic rings. The lowest BCUT2D eigenvalue weighted by Gasteiger charge is -2.36. The van der Waals surface area contributed by atoms with Gasteiger partial charge in [0, 0.05) is 0 Å². The minimum absolute atomic E-state index is 0.595. The summed E-state index contributed by atoms with van der Waals surface area (Å²) in [5.41, 5.74) is 18.9. The predicted molar refractivity (Wildman–Crippen MR) is 236 cm³/mol. The molecule has 1 spiro atoms. The Morgan fingerprint density at radius 3 is 1.00 bits per heavy atom. The van der Waals surface area contributed by atoms with E-state index < -0.39 is 5.41 Å². The summed E-state index contributed by atoms with van der Waals surface area (Å²) in [4.78, 5) is 7.29. The number of rotatable bonds is 4. The van der Waals surface area contributed by atoms with Crippen LogP contribution in [-0.2, 0) is 5.41 Å². The Hall–Kier alpha value is -8.54. The average molecular weight is 747 g/mol. The largest absolute Gasteiger partial charge is 0.238 e. The molecule has 270 valence electrons. The zero-order valence-corrected chi connectivity index (χ0v) is 31.6. The predicted octanol–water partition coefficient (Wildman–Crippen LogP) is 14.0. The number of nitriles is 2. The van der Waals surface area contributed by atoms with E-state index in [2.05, 4.69) is 107 Å². The summed E-state index contributed by atoms with van der Waals surface area (Å²) < 4.78 is 0. The van der Waals surface area contributed by atoms with E-state index in [1.54, 1.807) is 0 Å². The van der Waals surface area contributed by atoms with E-state index in [0.29, 0.717) is 22.5 Å². The number of hydrogen-bond donors (Lipinski definition) is 0. The van der Waals surface area contributed by atoms with Crippen LogP contribution in [0.15, 0.2) is 170 Å². The zero-order chi connectivity index (χ0) is 40.1. The maximum absolute atomic E-state index is 9.60. The van der Waals surface area contributed by atoms with Crippen molar-refractivity contribution in [3.8, 4) is 67.8 Å². The van der Waals surface area contributed by atoms with Gasteiger partial charge < -0.3 is 0 Å². The molecule has 0 aromatic heterocycles. The van der Waals surface area contributed by atoms with Crippen LogP contribution in [0, 0.1) is 35.8 Å². The SMILES string of the molecule is [C-]#[N+]c1ccc(-c2ccc3c(c2)C2(c4cc(-c5ccc(C#N)cc5)ccc4C=C3)c3cc(-c4ccc(C#N)cc4)ccc3-c3ccc(-c4ccc([N+]#[C-])cc4)cc32)cc1. The molecule has 4 heteroatoms. The molecular weight excluding hydrogens is 717 g/mol. The first-order valence-corrected chi connectivity index (χ1v) is 19.2. The third kappa shape index (κ3) is 5.65. The van der Waals surface area contributed by atoms with Crippen LogP contribution in [0.1, 0.15) is 44.5 Å². The van der Waals surface area contributed by atoms with E-state index >= 15 is 0 Å². The molecule has 0 heterocycles. The molecular formula is C55H30N4. The first-order chi connectivity index (χ1) is 29.0. The van der Waals surface area contributed by atoms with Gasteiger partial charge in [0.1, 0.15) is 0 Å². The van der Waals surface area contributed by atoms with Crippen LogP contribution in [0.2, 0.25) is 0 Å². The van der Waals surface area contributed by atoms with Crippen LogP contribution in [0.25, 0.3) is 77.5 Å². The van der Waals surface area contributed by atoms with Crippen LogP contribution in [0.5, 0.6) is 0 Å². The molecule has 59 heavy (non-hydrogen) atoms. The molecule has 0 fully saturated rings. The molecule has 1 unspecified atom stereocenters. The van der Waals surface area contributed by atoms with E-state index in [1.165, 1.54) is 0 Å². The standard InChI is InChI=1S/C55H30N4/c1-58-47-23-17-39(18-24-47)44-16-14-42-12-11-41-13-15-43(37-7-3-35(33-56)4-8-37)29-51(41)55(52(42)30-44)53-31-45(38-9-5-36(34-57)6-10-38)21-27-49(53)50-28-22-46(32-54(50)55)40-19-25-48(59-2)26-20-40/h3-32H. The van der Waals surface area contributed by atoms with Gasteiger partial charge in [0.05, 0.1) is 41.8 Å². The van der Waals surface area contributed by atoms with E-state index in [1.807, 2.05) is 97.1 Å². The highest BCUT2D eigenvalue weighted by molar-refractivity contribution is 5.95. The van der Waals surface area contributed by atoms with E-state index in [0.717, 1.165) is 89.0 Å². The van der Waals surface area contributed by atoms with Gasteiger partial charge in [-0.25, -0.2) is 9.69 Å². The fraction of sp³-hybridized carbons (Fsp3) is 0.0182. The lowest BCUT2D eigenvalue weighted by Crippen LogP contribution is -2.30. The fourth-order valence-electron chi connectivity index (χ4n) is 8.93. The number of fused-ring (bicyclic) bond motifs is 9. The highest BCUT2D eigenvalue weighted by atomic mass is 14.6. The molecule has 4 nitrogen and oxygen atoms in total. The van der Waals surface area contributed by atoms with Gasteiger partial charge in [0.15, 0.2) is 11.4 Å². The Bertz CT molecular complexity index is 2990. The van der Waals surface area contributed by atoms with Crippen LogP contribution in [0.4, 0.5) is 11.4 Å². The van der Waals surface area contributed by atoms with Gasteiger partial charge >= 0.3 is 0 Å². The van der Waals surface area contributed by atoms with Crippen molar-refractivity contribution in [2.45, 2.75) is 5.41 Å². The van der Waals surface area contributed by atoms with Crippen LogP contribution in [-0.4, -0.2) is 0 Å². The van der Waals surface area contributed by atoms with Crippen molar-refractivity contribution < 1.29 is 0 Å². The highest BCUT2D eigenvalue weighted by Crippen LogP contribution is 2.60. The second kappa shape index (κ2) is 13.9. The maximum Gasteiger partial charge on any atom is 0.187 e. The van der Waals surface area contributed by atoms with Crippen molar-refractivity contribution >= 4 is 23.5 Å². The fourth-order valence-corrected chi connectivity index (χ4v) is 8.93. The van der Waals surface area contributed by atoms with Gasteiger partial charge in [0.2, 0.25) is 0 Å². The summed E-state index contributed by atoms with van der Waals surface area (Å²) >= 11 is 0. The molecule has 0 amide bonds. The number of benzene rings is 8. The van der Waals surface area contributed by atoms with Gasteiger partial charge in [-0.2, -0.15) is 10.5 Å². The topological polar surface area (TPSA) is 56.3 Å². The molecule has 8 aromatic carbocycles. The summed E-state index contributed by atoms with van der Waals surface area (Å²) in [7, 11) is 0. The Labute approximate surface area is 343 Å². The van der Waals surface area contributed by atoms with E-state index in [-0.39, 0.29) is 0 Å². The first-order valence-electron chi connectivity index (χ1n) is 19.2. The van der Waals surface area contributed by atoms with Gasteiger partial charge in [-0.1, -0.05) is 133 Å². The molecule has 0 bridgehead atoms. The normalized spacial score (nSPS) is 14.0. The lowest BCUT2D eigenvalue weighted by atomic mass is 9.64. The summed E-state index contributed by atoms with van der Waals surface area (Å²) in [5.74, 6) is 0. The van der Waals surface area contributed by atoms with Gasteiger partial charge in [-0.05, 0) is 138 Å². The second-order valence-corrected chi connectivity index (χ2v) is 14.9. The summed E-state index contributed by atoms with van der Waals surface area (Å²) in [6.45, 7) is 15.1. The van der Waals surface area contributed by atoms with Crippen LogP contribution < -0.4 is 0 Å². The smallest absolute Gasteiger partial charge is 0.187 e. The van der Waals surface area contributed by atoms with Crippen molar-refractivity contribution in [2.75, 3.05) is 0 Å². The monoisotopic (exact) mass is 746 g/mol. The Balaban J connectivity index is 1.32. The quantitative estimate of drug-likeness (QED) is 0.168. The molecule has 1 atom stereocenters. The number of hydrogen-bond acceptors (Lipinski definition) is 2. The third-order valence-corrected chi connectivity index (χ3v) is 11.8. The molecule has 0 N–H and O–H groups in total. The average Bonchev–Trinajstić information content (AvgIpc) is 3.51. The Morgan fingerprint density at radius 2 is 0.661 bits per heavy atom. The molecule has 0 radical (unpaired) electrons. The molecule has 8 aromatic rings. The van der Waals surface area contributed by atoms with Gasteiger partial charge in [-0.15, -0.1) is 0 Å². The summed E-state index contributed by atoms with van der Waals surface area (Å²) in [6.07, 6.45) is 4.45. The lowest BCUT2D eigenvalue weighted by molar-refractivity contribution is 0.767. The molecule has 0 aliphatic heterocycles. The van der Waals surface area contributed by atoms with Crippen LogP contribution in [0.3, 0.4) is 0 Å². The van der Waals surface area contributed by atoms with Crippen molar-refractivity contribution in [3.05, 3.63) is 237 Å². The zero-order valence-electron chi connectivity index (χ0n) is 31.6. The Morgan fingerprint density at radius 1 is 0.356 bits per heavy atom. The van der Waals surface area contributed by atoms with E-state index in [9.17, 15) is 10.5 Å². The van der Waals surface area contributed by atoms with Crippen molar-refractivity contribution in [2.24, 2.45) is 0 Å². The van der Waals surface area contributed by atoms with Gasteiger partial charge in [0.25, 0.3) is 0 Å². The van der Waals surface area contributed by atoms with Gasteiger partial charge in [-0.3, -0.25) is 0 Å². The molecule has 10 rings (SSSR count). The second-order valence-electron chi connectivity index (χ2n) is 14.9. The number of nitrogens with zero attached hydrogens (tertiary/aromatic N) is 4.